The number of amides is 1. The molecule has 0 aromatic heterocycles. The van der Waals surface area contributed by atoms with Gasteiger partial charge < -0.3 is 20.5 Å². The van der Waals surface area contributed by atoms with Gasteiger partial charge >= 0.3 is 0 Å². The maximum atomic E-state index is 12.2. The van der Waals surface area contributed by atoms with E-state index in [1.807, 2.05) is 6.92 Å². The molecule has 2 rings (SSSR count). The minimum absolute atomic E-state index is 0.137. The van der Waals surface area contributed by atoms with E-state index in [1.54, 1.807) is 25.3 Å². The fourth-order valence-corrected chi connectivity index (χ4v) is 2.25. The van der Waals surface area contributed by atoms with Gasteiger partial charge in [0, 0.05) is 12.2 Å². The second-order valence-electron chi connectivity index (χ2n) is 5.13. The average molecular weight is 264 g/mol. The third kappa shape index (κ3) is 3.17. The molecule has 1 fully saturated rings. The van der Waals surface area contributed by atoms with Gasteiger partial charge in [-0.05, 0) is 38.0 Å². The Balaban J connectivity index is 2.09. The summed E-state index contributed by atoms with van der Waals surface area (Å²) in [5, 5.41) is 3.02. The van der Waals surface area contributed by atoms with Gasteiger partial charge in [-0.15, -0.1) is 0 Å². The Kier molecular flexibility index (Phi) is 3.95. The first-order valence-corrected chi connectivity index (χ1v) is 6.38. The van der Waals surface area contributed by atoms with Crippen LogP contribution in [0.25, 0.3) is 0 Å². The maximum Gasteiger partial charge on any atom is 0.251 e. The normalized spacial score (nSPS) is 22.8. The molecule has 1 aromatic carbocycles. The predicted molar refractivity (Wildman–Crippen MR) is 73.3 cm³/mol. The number of rotatable bonds is 3. The molecule has 5 nitrogen and oxygen atoms in total. The maximum absolute atomic E-state index is 12.2. The van der Waals surface area contributed by atoms with Gasteiger partial charge in [-0.2, -0.15) is 0 Å². The zero-order chi connectivity index (χ0) is 13.9. The highest BCUT2D eigenvalue weighted by Gasteiger charge is 2.29. The molecule has 1 amide bonds. The van der Waals surface area contributed by atoms with Crippen LogP contribution in [-0.2, 0) is 4.74 Å². The fraction of sp³-hybridized carbons (Fsp3) is 0.500. The van der Waals surface area contributed by atoms with Crippen LogP contribution >= 0.6 is 0 Å². The number of hydrogen-bond acceptors (Lipinski definition) is 4. The van der Waals surface area contributed by atoms with E-state index in [2.05, 4.69) is 5.32 Å². The van der Waals surface area contributed by atoms with Crippen LogP contribution in [0.3, 0.4) is 0 Å². The molecule has 0 bridgehead atoms. The topological polar surface area (TPSA) is 73.6 Å². The molecule has 104 valence electrons. The Labute approximate surface area is 113 Å². The van der Waals surface area contributed by atoms with E-state index < -0.39 is 0 Å². The summed E-state index contributed by atoms with van der Waals surface area (Å²) in [5.41, 5.74) is 6.50. The monoisotopic (exact) mass is 264 g/mol. The first kappa shape index (κ1) is 13.7. The summed E-state index contributed by atoms with van der Waals surface area (Å²) in [6.07, 6.45) is 1.88. The minimum atomic E-state index is -0.302. The van der Waals surface area contributed by atoms with E-state index in [9.17, 15) is 4.79 Å². The van der Waals surface area contributed by atoms with Crippen molar-refractivity contribution >= 4 is 11.6 Å². The van der Waals surface area contributed by atoms with Gasteiger partial charge in [-0.3, -0.25) is 4.79 Å². The van der Waals surface area contributed by atoms with Crippen molar-refractivity contribution in [3.63, 3.8) is 0 Å². The van der Waals surface area contributed by atoms with Gasteiger partial charge in [-0.25, -0.2) is 0 Å². The van der Waals surface area contributed by atoms with Gasteiger partial charge in [0.05, 0.1) is 24.9 Å². The first-order chi connectivity index (χ1) is 9.04. The van der Waals surface area contributed by atoms with Crippen molar-refractivity contribution < 1.29 is 14.3 Å². The number of methoxy groups -OCH3 is 1. The number of anilines is 1. The lowest BCUT2D eigenvalue weighted by molar-refractivity contribution is 0.0272. The summed E-state index contributed by atoms with van der Waals surface area (Å²) in [6, 6.07) is 5.03. The standard InChI is InChI=1S/C14H20N2O3/c1-14(6-3-7-19-9-14)16-13(17)10-4-5-12(18-2)11(15)8-10/h4-5,8H,3,6-7,9,15H2,1-2H3,(H,16,17). The third-order valence-electron chi connectivity index (χ3n) is 3.35. The quantitative estimate of drug-likeness (QED) is 0.813. The highest BCUT2D eigenvalue weighted by Crippen LogP contribution is 2.23. The molecule has 3 N–H and O–H groups in total. The number of nitrogens with two attached hydrogens (primary N) is 1. The molecule has 0 radical (unpaired) electrons. The SMILES string of the molecule is COc1ccc(C(=O)NC2(C)CCCOC2)cc1N. The molecule has 1 atom stereocenters. The number of carbonyl (C=O) groups is 1. The Morgan fingerprint density at radius 3 is 2.89 bits per heavy atom. The zero-order valence-electron chi connectivity index (χ0n) is 11.4. The van der Waals surface area contributed by atoms with Gasteiger partial charge in [-0.1, -0.05) is 0 Å². The molecule has 1 aliphatic rings. The number of nitrogen functional groups attached to an aromatic ring is 1. The molecule has 0 aliphatic carbocycles. The zero-order valence-corrected chi connectivity index (χ0v) is 11.4. The van der Waals surface area contributed by atoms with Crippen LogP contribution in [-0.4, -0.2) is 31.8 Å². The van der Waals surface area contributed by atoms with Gasteiger partial charge in [0.2, 0.25) is 0 Å². The second-order valence-corrected chi connectivity index (χ2v) is 5.13. The molecule has 1 heterocycles. The Hall–Kier alpha value is -1.75. The smallest absolute Gasteiger partial charge is 0.251 e. The molecule has 0 saturated carbocycles. The Morgan fingerprint density at radius 1 is 1.53 bits per heavy atom. The Bertz CT molecular complexity index is 468. The van der Waals surface area contributed by atoms with Crippen LogP contribution in [0.15, 0.2) is 18.2 Å². The largest absolute Gasteiger partial charge is 0.495 e. The highest BCUT2D eigenvalue weighted by molar-refractivity contribution is 5.96. The lowest BCUT2D eigenvalue weighted by Crippen LogP contribution is -2.51. The molecular formula is C14H20N2O3. The van der Waals surface area contributed by atoms with Crippen molar-refractivity contribution in [1.82, 2.24) is 5.32 Å². The number of carbonyl (C=O) groups excluding carboxylic acids is 1. The Morgan fingerprint density at radius 2 is 2.32 bits per heavy atom. The van der Waals surface area contributed by atoms with Crippen molar-refractivity contribution in [2.45, 2.75) is 25.3 Å². The number of hydrogen-bond donors (Lipinski definition) is 2. The summed E-state index contributed by atoms with van der Waals surface area (Å²) < 4.78 is 10.5. The van der Waals surface area contributed by atoms with Crippen LogP contribution in [0, 0.1) is 0 Å². The van der Waals surface area contributed by atoms with Crippen LogP contribution in [0.1, 0.15) is 30.1 Å². The molecule has 1 unspecified atom stereocenters. The van der Waals surface area contributed by atoms with E-state index in [0.29, 0.717) is 23.6 Å². The lowest BCUT2D eigenvalue weighted by atomic mass is 9.94. The van der Waals surface area contributed by atoms with Crippen molar-refractivity contribution in [3.05, 3.63) is 23.8 Å². The average Bonchev–Trinajstić information content (AvgIpc) is 2.39. The van der Waals surface area contributed by atoms with Crippen molar-refractivity contribution in [2.24, 2.45) is 0 Å². The summed E-state index contributed by atoms with van der Waals surface area (Å²) in [7, 11) is 1.55. The van der Waals surface area contributed by atoms with Crippen LogP contribution < -0.4 is 15.8 Å². The van der Waals surface area contributed by atoms with E-state index in [0.717, 1.165) is 19.4 Å². The second kappa shape index (κ2) is 5.48. The molecule has 1 saturated heterocycles. The van der Waals surface area contributed by atoms with Crippen LogP contribution in [0.5, 0.6) is 5.75 Å². The molecule has 1 aromatic rings. The summed E-state index contributed by atoms with van der Waals surface area (Å²) in [4.78, 5) is 12.2. The molecule has 0 spiro atoms. The van der Waals surface area contributed by atoms with Crippen molar-refractivity contribution in [1.29, 1.82) is 0 Å². The lowest BCUT2D eigenvalue weighted by Gasteiger charge is -2.34. The molecule has 1 aliphatic heterocycles. The van der Waals surface area contributed by atoms with Crippen molar-refractivity contribution in [2.75, 3.05) is 26.1 Å². The number of benzene rings is 1. The van der Waals surface area contributed by atoms with Crippen molar-refractivity contribution in [3.8, 4) is 5.75 Å². The summed E-state index contributed by atoms with van der Waals surface area (Å²) in [5.74, 6) is 0.436. The predicted octanol–water partition coefficient (Wildman–Crippen LogP) is 1.58. The summed E-state index contributed by atoms with van der Waals surface area (Å²) in [6.45, 7) is 3.31. The minimum Gasteiger partial charge on any atom is -0.495 e. The molecule has 5 heteroatoms. The van der Waals surface area contributed by atoms with Crippen LogP contribution in [0.4, 0.5) is 5.69 Å². The van der Waals surface area contributed by atoms with Gasteiger partial charge in [0.15, 0.2) is 0 Å². The first-order valence-electron chi connectivity index (χ1n) is 6.38. The number of nitrogens with one attached hydrogen (secondary N) is 1. The number of ether oxygens (including phenoxy) is 2. The third-order valence-corrected chi connectivity index (χ3v) is 3.35. The van der Waals surface area contributed by atoms with E-state index in [-0.39, 0.29) is 11.4 Å². The van der Waals surface area contributed by atoms with Gasteiger partial charge in [0.25, 0.3) is 5.91 Å². The van der Waals surface area contributed by atoms with E-state index in [4.69, 9.17) is 15.2 Å². The van der Waals surface area contributed by atoms with Gasteiger partial charge in [0.1, 0.15) is 5.75 Å². The highest BCUT2D eigenvalue weighted by atomic mass is 16.5. The summed E-state index contributed by atoms with van der Waals surface area (Å²) >= 11 is 0. The molecular weight excluding hydrogens is 244 g/mol. The van der Waals surface area contributed by atoms with E-state index >= 15 is 0 Å². The van der Waals surface area contributed by atoms with E-state index in [1.165, 1.54) is 0 Å². The fourth-order valence-electron chi connectivity index (χ4n) is 2.25. The van der Waals surface area contributed by atoms with Crippen LogP contribution in [0.2, 0.25) is 0 Å². The molecule has 19 heavy (non-hydrogen) atoms.